The predicted octanol–water partition coefficient (Wildman–Crippen LogP) is 0.114. The number of fused-ring (bicyclic) bond motifs is 1. The molecule has 0 bridgehead atoms. The number of β-lactam (4-membered cyclic amide) rings is 1. The van der Waals surface area contributed by atoms with Gasteiger partial charge in [-0.15, -0.1) is 0 Å². The van der Waals surface area contributed by atoms with Crippen LogP contribution in [-0.4, -0.2) is 63.5 Å². The molecule has 29 heavy (non-hydrogen) atoms. The van der Waals surface area contributed by atoms with Crippen LogP contribution in [0.3, 0.4) is 0 Å². The number of hydrogen-bond donors (Lipinski definition) is 0. The van der Waals surface area contributed by atoms with Gasteiger partial charge in [0.15, 0.2) is 27.1 Å². The third kappa shape index (κ3) is 2.95. The van der Waals surface area contributed by atoms with Crippen LogP contribution in [0.2, 0.25) is 0 Å². The van der Waals surface area contributed by atoms with Gasteiger partial charge < -0.3 is 18.9 Å². The number of hydrogen-bond acceptors (Lipinski definition) is 8. The second-order valence-electron chi connectivity index (χ2n) is 7.56. The van der Waals surface area contributed by atoms with Gasteiger partial charge in [-0.2, -0.15) is 0 Å². The monoisotopic (exact) mass is 425 g/mol. The number of amides is 1. The molecule has 4 atom stereocenters. The molecule has 1 aromatic heterocycles. The Bertz CT molecular complexity index is 981. The molecule has 0 aliphatic carbocycles. The predicted molar refractivity (Wildman–Crippen MR) is 99.8 cm³/mol. The first-order valence-corrected chi connectivity index (χ1v) is 10.5. The van der Waals surface area contributed by atoms with E-state index in [-0.39, 0.29) is 12.4 Å². The summed E-state index contributed by atoms with van der Waals surface area (Å²) < 4.78 is 36.9. The maximum absolute atomic E-state index is 13.3. The molecule has 0 N–H and O–H groups in total. The molecule has 2 fully saturated rings. The van der Waals surface area contributed by atoms with E-state index in [1.54, 1.807) is 17.8 Å². The van der Waals surface area contributed by atoms with Gasteiger partial charge in [-0.05, 0) is 13.8 Å². The zero-order valence-electron chi connectivity index (χ0n) is 16.6. The highest BCUT2D eigenvalue weighted by atomic mass is 32.2. The fourth-order valence-electron chi connectivity index (χ4n) is 3.94. The van der Waals surface area contributed by atoms with Gasteiger partial charge in [-0.1, -0.05) is 12.7 Å². The molecule has 11 heteroatoms. The van der Waals surface area contributed by atoms with Crippen molar-refractivity contribution >= 4 is 27.7 Å². The minimum absolute atomic E-state index is 0.106. The second kappa shape index (κ2) is 6.97. The van der Waals surface area contributed by atoms with Crippen LogP contribution in [-0.2, 0) is 40.7 Å². The molecule has 1 unspecified atom stereocenters. The Morgan fingerprint density at radius 1 is 1.41 bits per heavy atom. The van der Waals surface area contributed by atoms with E-state index < -0.39 is 55.9 Å². The normalized spacial score (nSPS) is 27.5. The van der Waals surface area contributed by atoms with E-state index >= 15 is 0 Å². The van der Waals surface area contributed by atoms with Crippen LogP contribution < -0.4 is 0 Å². The summed E-state index contributed by atoms with van der Waals surface area (Å²) in [6.07, 6.45) is 3.20. The van der Waals surface area contributed by atoms with Gasteiger partial charge in [-0.25, -0.2) is 18.2 Å². The molecule has 0 spiro atoms. The number of esters is 2. The Hall–Kier alpha value is -2.69. The summed E-state index contributed by atoms with van der Waals surface area (Å²) in [6.45, 7) is 7.28. The van der Waals surface area contributed by atoms with E-state index in [1.165, 1.54) is 33.0 Å². The van der Waals surface area contributed by atoms with E-state index in [0.717, 1.165) is 4.90 Å². The summed E-state index contributed by atoms with van der Waals surface area (Å²) in [5.74, 6) is -3.08. The first-order valence-electron chi connectivity index (χ1n) is 8.94. The highest BCUT2D eigenvalue weighted by molar-refractivity contribution is 7.93. The van der Waals surface area contributed by atoms with Gasteiger partial charge in [0.2, 0.25) is 5.91 Å². The lowest BCUT2D eigenvalue weighted by atomic mass is 9.87. The van der Waals surface area contributed by atoms with Crippen molar-refractivity contribution in [3.63, 3.8) is 0 Å². The summed E-state index contributed by atoms with van der Waals surface area (Å²) in [5, 5.41) is -1.33. The molecule has 1 amide bonds. The number of nitrogens with zero attached hydrogens (tertiary/aromatic N) is 3. The Morgan fingerprint density at radius 2 is 2.07 bits per heavy atom. The number of carbonyl (C=O) groups is 3. The number of sulfone groups is 1. The van der Waals surface area contributed by atoms with E-state index in [4.69, 9.17) is 9.47 Å². The summed E-state index contributed by atoms with van der Waals surface area (Å²) in [7, 11) is -2.36. The summed E-state index contributed by atoms with van der Waals surface area (Å²) in [5.41, 5.74) is 0. The van der Waals surface area contributed by atoms with Gasteiger partial charge in [0, 0.05) is 26.4 Å². The topological polar surface area (TPSA) is 125 Å². The molecular formula is C18H23N3O7S. The molecule has 0 radical (unpaired) electrons. The van der Waals surface area contributed by atoms with Crippen LogP contribution >= 0.6 is 0 Å². The SMILES string of the molecule is C=CCOC(=O)[C@@H]1N2C(=O)[C@@H](C(OC(C)=O)c3nccn3C)[C@H]2S(=O)(=O)C1(C)C. The van der Waals surface area contributed by atoms with Crippen LogP contribution in [0.5, 0.6) is 0 Å². The largest absolute Gasteiger partial charge is 0.460 e. The molecule has 0 aromatic carbocycles. The summed E-state index contributed by atoms with van der Waals surface area (Å²) in [4.78, 5) is 42.4. The van der Waals surface area contributed by atoms with E-state index in [2.05, 4.69) is 11.6 Å². The maximum Gasteiger partial charge on any atom is 0.330 e. The highest BCUT2D eigenvalue weighted by Crippen LogP contribution is 2.52. The van der Waals surface area contributed by atoms with Gasteiger partial charge in [0.25, 0.3) is 0 Å². The van der Waals surface area contributed by atoms with Crippen molar-refractivity contribution in [2.75, 3.05) is 6.61 Å². The first-order chi connectivity index (χ1) is 13.5. The molecule has 158 valence electrons. The van der Waals surface area contributed by atoms with E-state index in [1.807, 2.05) is 0 Å². The zero-order chi connectivity index (χ0) is 21.7. The summed E-state index contributed by atoms with van der Waals surface area (Å²) >= 11 is 0. The van der Waals surface area contributed by atoms with Crippen LogP contribution in [0.15, 0.2) is 25.0 Å². The maximum atomic E-state index is 13.3. The lowest BCUT2D eigenvalue weighted by Gasteiger charge is -2.45. The number of aryl methyl sites for hydroxylation is 1. The van der Waals surface area contributed by atoms with Crippen molar-refractivity contribution in [1.29, 1.82) is 0 Å². The van der Waals surface area contributed by atoms with Crippen molar-refractivity contribution in [3.8, 4) is 0 Å². The molecule has 2 saturated heterocycles. The number of rotatable bonds is 6. The highest BCUT2D eigenvalue weighted by Gasteiger charge is 2.74. The van der Waals surface area contributed by atoms with Crippen molar-refractivity contribution in [3.05, 3.63) is 30.9 Å². The van der Waals surface area contributed by atoms with Crippen molar-refractivity contribution in [2.45, 2.75) is 43.0 Å². The van der Waals surface area contributed by atoms with Gasteiger partial charge in [-0.3, -0.25) is 9.59 Å². The average molecular weight is 425 g/mol. The smallest absolute Gasteiger partial charge is 0.330 e. The zero-order valence-corrected chi connectivity index (χ0v) is 17.4. The summed E-state index contributed by atoms with van der Waals surface area (Å²) in [6, 6.07) is -1.31. The molecule has 2 aliphatic rings. The third-order valence-electron chi connectivity index (χ3n) is 5.41. The minimum Gasteiger partial charge on any atom is -0.460 e. The molecule has 1 aromatic rings. The van der Waals surface area contributed by atoms with Crippen LogP contribution in [0.4, 0.5) is 0 Å². The number of aromatic nitrogens is 2. The van der Waals surface area contributed by atoms with Gasteiger partial charge in [0.1, 0.15) is 18.6 Å². The lowest BCUT2D eigenvalue weighted by Crippen LogP contribution is -2.65. The van der Waals surface area contributed by atoms with E-state index in [9.17, 15) is 22.8 Å². The molecule has 10 nitrogen and oxygen atoms in total. The third-order valence-corrected chi connectivity index (χ3v) is 8.25. The van der Waals surface area contributed by atoms with Crippen molar-refractivity contribution < 1.29 is 32.3 Å². The molecule has 3 rings (SSSR count). The van der Waals surface area contributed by atoms with Crippen molar-refractivity contribution in [2.24, 2.45) is 13.0 Å². The van der Waals surface area contributed by atoms with E-state index in [0.29, 0.717) is 0 Å². The molecule has 2 aliphatic heterocycles. The molecule has 3 heterocycles. The Balaban J connectivity index is 2.04. The number of carbonyl (C=O) groups excluding carboxylic acids is 3. The fourth-order valence-corrected chi connectivity index (χ4v) is 6.26. The standard InChI is InChI=1S/C18H23N3O7S/c1-6-9-27-17(24)13-18(3,4)29(25,26)16-11(15(23)21(13)16)12(28-10(2)22)14-19-7-8-20(14)5/h6-8,11-13,16H,1,9H2,2-5H3/t11-,12?,13+,16-/m1/s1. The Labute approximate surface area is 168 Å². The number of ether oxygens (including phenoxy) is 2. The first kappa shape index (κ1) is 21.0. The van der Waals surface area contributed by atoms with Gasteiger partial charge >= 0.3 is 11.9 Å². The van der Waals surface area contributed by atoms with Gasteiger partial charge in [0.05, 0.1) is 4.75 Å². The Morgan fingerprint density at radius 3 is 2.59 bits per heavy atom. The second-order valence-corrected chi connectivity index (χ2v) is 10.2. The fraction of sp³-hybridized carbons (Fsp3) is 0.556. The van der Waals surface area contributed by atoms with Crippen LogP contribution in [0, 0.1) is 5.92 Å². The van der Waals surface area contributed by atoms with Crippen LogP contribution in [0.1, 0.15) is 32.7 Å². The number of imidazole rings is 1. The van der Waals surface area contributed by atoms with Crippen molar-refractivity contribution in [1.82, 2.24) is 14.5 Å². The quantitative estimate of drug-likeness (QED) is 0.357. The average Bonchev–Trinajstić information content (AvgIpc) is 3.10. The Kier molecular flexibility index (Phi) is 5.06. The minimum atomic E-state index is -4.00. The molecular weight excluding hydrogens is 402 g/mol. The lowest BCUT2D eigenvalue weighted by molar-refractivity contribution is -0.177. The molecule has 0 saturated carbocycles. The van der Waals surface area contributed by atoms with Crippen LogP contribution in [0.25, 0.3) is 0 Å².